The maximum absolute atomic E-state index is 10.7. The van der Waals surface area contributed by atoms with E-state index in [0.717, 1.165) is 0 Å². The van der Waals surface area contributed by atoms with Crippen molar-refractivity contribution in [3.8, 4) is 0 Å². The Labute approximate surface area is 85.5 Å². The van der Waals surface area contributed by atoms with Crippen LogP contribution in [0, 0.1) is 0 Å². The van der Waals surface area contributed by atoms with Crippen molar-refractivity contribution < 1.29 is 4.79 Å². The predicted molar refractivity (Wildman–Crippen MR) is 59.3 cm³/mol. The Morgan fingerprint density at radius 1 is 1.36 bits per heavy atom. The van der Waals surface area contributed by atoms with Crippen LogP contribution in [0.3, 0.4) is 0 Å². The van der Waals surface area contributed by atoms with Gasteiger partial charge in [-0.05, 0) is 18.4 Å². The van der Waals surface area contributed by atoms with Gasteiger partial charge < -0.3 is 0 Å². The molecule has 0 radical (unpaired) electrons. The van der Waals surface area contributed by atoms with Crippen molar-refractivity contribution in [1.82, 2.24) is 0 Å². The minimum atomic E-state index is 0.210. The van der Waals surface area contributed by atoms with Crippen molar-refractivity contribution in [2.75, 3.05) is 0 Å². The highest BCUT2D eigenvalue weighted by Gasteiger charge is 1.98. The van der Waals surface area contributed by atoms with E-state index in [1.54, 1.807) is 6.92 Å². The van der Waals surface area contributed by atoms with E-state index in [1.165, 1.54) is 5.56 Å². The smallest absolute Gasteiger partial charge is 0.133 e. The Hall–Kier alpha value is -1.37. The van der Waals surface area contributed by atoms with Crippen molar-refractivity contribution in [2.45, 2.75) is 26.2 Å². The predicted octanol–water partition coefficient (Wildman–Crippen LogP) is 3.33. The molecule has 74 valence electrons. The Morgan fingerprint density at radius 2 is 2.00 bits per heavy atom. The molecule has 0 unspecified atom stereocenters. The molecule has 0 fully saturated rings. The van der Waals surface area contributed by atoms with Crippen LogP contribution in [0.4, 0.5) is 0 Å². The molecule has 0 aliphatic rings. The standard InChI is InChI=1S/C13H16O/c1-11(7-6-8-12(2)14)13-9-4-3-5-10-13/h3-7,9-11H,8H2,1-2H3/b7-6-/t11-/m0/s1. The maximum atomic E-state index is 10.7. The highest BCUT2D eigenvalue weighted by molar-refractivity contribution is 5.76. The van der Waals surface area contributed by atoms with Crippen LogP contribution in [-0.4, -0.2) is 5.78 Å². The van der Waals surface area contributed by atoms with Gasteiger partial charge in [-0.1, -0.05) is 49.4 Å². The summed E-state index contributed by atoms with van der Waals surface area (Å²) in [5, 5.41) is 0. The van der Waals surface area contributed by atoms with Gasteiger partial charge in [0.1, 0.15) is 5.78 Å². The number of carbonyl (C=O) groups is 1. The Morgan fingerprint density at radius 3 is 2.57 bits per heavy atom. The molecule has 1 aromatic carbocycles. The third kappa shape index (κ3) is 3.56. The molecule has 0 aliphatic heterocycles. The average molecular weight is 188 g/mol. The summed E-state index contributed by atoms with van der Waals surface area (Å²) in [5.41, 5.74) is 1.28. The van der Waals surface area contributed by atoms with Gasteiger partial charge in [-0.3, -0.25) is 4.79 Å². The molecule has 1 heteroatoms. The number of carbonyl (C=O) groups excluding carboxylic acids is 1. The molecule has 1 aromatic rings. The van der Waals surface area contributed by atoms with Crippen molar-refractivity contribution in [3.05, 3.63) is 48.0 Å². The van der Waals surface area contributed by atoms with Crippen LogP contribution in [0.5, 0.6) is 0 Å². The molecule has 1 atom stereocenters. The molecular weight excluding hydrogens is 172 g/mol. The molecule has 0 spiro atoms. The van der Waals surface area contributed by atoms with Crippen LogP contribution in [0.25, 0.3) is 0 Å². The molecule has 0 N–H and O–H groups in total. The van der Waals surface area contributed by atoms with E-state index in [1.807, 2.05) is 24.3 Å². The summed E-state index contributed by atoms with van der Waals surface area (Å²) in [5.74, 6) is 0.595. The van der Waals surface area contributed by atoms with Crippen LogP contribution in [-0.2, 0) is 4.79 Å². The quantitative estimate of drug-likeness (QED) is 0.662. The first-order valence-electron chi connectivity index (χ1n) is 4.91. The largest absolute Gasteiger partial charge is 0.300 e. The van der Waals surface area contributed by atoms with Gasteiger partial charge in [0.2, 0.25) is 0 Å². The van der Waals surface area contributed by atoms with Crippen LogP contribution in [0.1, 0.15) is 31.7 Å². The van der Waals surface area contributed by atoms with Gasteiger partial charge in [0.25, 0.3) is 0 Å². The zero-order chi connectivity index (χ0) is 10.4. The Bertz CT molecular complexity index is 311. The molecule has 0 saturated carbocycles. The first-order valence-corrected chi connectivity index (χ1v) is 4.91. The minimum Gasteiger partial charge on any atom is -0.300 e. The summed E-state index contributed by atoms with van der Waals surface area (Å²) < 4.78 is 0. The second-order valence-corrected chi connectivity index (χ2v) is 3.53. The molecule has 14 heavy (non-hydrogen) atoms. The zero-order valence-corrected chi connectivity index (χ0v) is 8.73. The fourth-order valence-electron chi connectivity index (χ4n) is 1.31. The van der Waals surface area contributed by atoms with E-state index in [2.05, 4.69) is 25.1 Å². The molecule has 1 nitrogen and oxygen atoms in total. The van der Waals surface area contributed by atoms with E-state index in [4.69, 9.17) is 0 Å². The normalized spacial score (nSPS) is 13.0. The third-order valence-corrected chi connectivity index (χ3v) is 2.16. The highest BCUT2D eigenvalue weighted by Crippen LogP contribution is 2.15. The molecule has 0 saturated heterocycles. The van der Waals surface area contributed by atoms with Crippen molar-refractivity contribution in [1.29, 1.82) is 0 Å². The van der Waals surface area contributed by atoms with E-state index in [0.29, 0.717) is 12.3 Å². The number of Topliss-reactive ketones (excluding diaryl/α,β-unsaturated/α-hetero) is 1. The number of allylic oxidation sites excluding steroid dienone is 2. The first kappa shape index (κ1) is 10.7. The number of ketones is 1. The fourth-order valence-corrected chi connectivity index (χ4v) is 1.31. The summed E-state index contributed by atoms with van der Waals surface area (Å²) >= 11 is 0. The fraction of sp³-hybridized carbons (Fsp3) is 0.308. The maximum Gasteiger partial charge on any atom is 0.133 e. The second kappa shape index (κ2) is 5.38. The molecular formula is C13H16O. The van der Waals surface area contributed by atoms with Gasteiger partial charge in [-0.15, -0.1) is 0 Å². The van der Waals surface area contributed by atoms with Gasteiger partial charge in [-0.2, -0.15) is 0 Å². The van der Waals surface area contributed by atoms with Crippen LogP contribution in [0.15, 0.2) is 42.5 Å². The Balaban J connectivity index is 2.54. The van der Waals surface area contributed by atoms with Crippen LogP contribution in [0.2, 0.25) is 0 Å². The van der Waals surface area contributed by atoms with E-state index < -0.39 is 0 Å². The van der Waals surface area contributed by atoms with Crippen molar-refractivity contribution >= 4 is 5.78 Å². The van der Waals surface area contributed by atoms with Crippen LogP contribution >= 0.6 is 0 Å². The lowest BCUT2D eigenvalue weighted by atomic mass is 10.0. The van der Waals surface area contributed by atoms with Gasteiger partial charge in [-0.25, -0.2) is 0 Å². The molecule has 1 rings (SSSR count). The summed E-state index contributed by atoms with van der Waals surface area (Å²) in [6, 6.07) is 10.3. The molecule has 0 amide bonds. The number of hydrogen-bond donors (Lipinski definition) is 0. The molecule has 0 aromatic heterocycles. The van der Waals surface area contributed by atoms with E-state index in [-0.39, 0.29) is 5.78 Å². The molecule has 0 aliphatic carbocycles. The second-order valence-electron chi connectivity index (χ2n) is 3.53. The van der Waals surface area contributed by atoms with Gasteiger partial charge in [0.15, 0.2) is 0 Å². The monoisotopic (exact) mass is 188 g/mol. The van der Waals surface area contributed by atoms with Gasteiger partial charge >= 0.3 is 0 Å². The average Bonchev–Trinajstić information content (AvgIpc) is 2.18. The lowest BCUT2D eigenvalue weighted by molar-refractivity contribution is -0.116. The summed E-state index contributed by atoms with van der Waals surface area (Å²) in [6.45, 7) is 3.74. The van der Waals surface area contributed by atoms with E-state index >= 15 is 0 Å². The Kier molecular flexibility index (Phi) is 4.11. The number of rotatable bonds is 4. The number of hydrogen-bond acceptors (Lipinski definition) is 1. The zero-order valence-electron chi connectivity index (χ0n) is 8.73. The van der Waals surface area contributed by atoms with Crippen molar-refractivity contribution in [3.63, 3.8) is 0 Å². The van der Waals surface area contributed by atoms with Gasteiger partial charge in [0, 0.05) is 6.42 Å². The minimum absolute atomic E-state index is 0.210. The topological polar surface area (TPSA) is 17.1 Å². The van der Waals surface area contributed by atoms with Gasteiger partial charge in [0.05, 0.1) is 0 Å². The highest BCUT2D eigenvalue weighted by atomic mass is 16.1. The lowest BCUT2D eigenvalue weighted by Crippen LogP contribution is -1.89. The summed E-state index contributed by atoms with van der Waals surface area (Å²) in [4.78, 5) is 10.7. The SMILES string of the molecule is CC(=O)C/C=C\[C@H](C)c1ccccc1. The lowest BCUT2D eigenvalue weighted by Gasteiger charge is -2.05. The van der Waals surface area contributed by atoms with Crippen molar-refractivity contribution in [2.24, 2.45) is 0 Å². The third-order valence-electron chi connectivity index (χ3n) is 2.16. The van der Waals surface area contributed by atoms with Crippen LogP contribution < -0.4 is 0 Å². The summed E-state index contributed by atoms with van der Waals surface area (Å²) in [7, 11) is 0. The molecule has 0 bridgehead atoms. The van der Waals surface area contributed by atoms with E-state index in [9.17, 15) is 4.79 Å². The number of benzene rings is 1. The first-order chi connectivity index (χ1) is 6.70. The molecule has 0 heterocycles. The summed E-state index contributed by atoms with van der Waals surface area (Å²) in [6.07, 6.45) is 4.56.